The topological polar surface area (TPSA) is 72.6 Å². The quantitative estimate of drug-likeness (QED) is 0.607. The highest BCUT2D eigenvalue weighted by Gasteiger charge is 2.13. The van der Waals surface area contributed by atoms with Gasteiger partial charge in [0.15, 0.2) is 0 Å². The van der Waals surface area contributed by atoms with Gasteiger partial charge in [0, 0.05) is 43.5 Å². The van der Waals surface area contributed by atoms with Gasteiger partial charge in [0.25, 0.3) is 0 Å². The van der Waals surface area contributed by atoms with Crippen LogP contribution in [0.4, 0.5) is 11.5 Å². The summed E-state index contributed by atoms with van der Waals surface area (Å²) in [7, 11) is 0. The number of nitrogen functional groups attached to an aromatic ring is 1. The Morgan fingerprint density at radius 1 is 1.27 bits per heavy atom. The SMILES string of the molecule is Nc1cc(N2CCOCC2)cc(OCCNC2CC=CC2)n1. The van der Waals surface area contributed by atoms with Gasteiger partial charge in [0.1, 0.15) is 12.4 Å². The molecule has 1 aliphatic carbocycles. The Kier molecular flexibility index (Phi) is 5.13. The van der Waals surface area contributed by atoms with Gasteiger partial charge in [-0.15, -0.1) is 0 Å². The summed E-state index contributed by atoms with van der Waals surface area (Å²) >= 11 is 0. The van der Waals surface area contributed by atoms with Crippen molar-refractivity contribution in [3.8, 4) is 5.88 Å². The van der Waals surface area contributed by atoms with E-state index in [2.05, 4.69) is 27.4 Å². The second-order valence-corrected chi connectivity index (χ2v) is 5.63. The van der Waals surface area contributed by atoms with Crippen LogP contribution in [-0.4, -0.2) is 50.5 Å². The number of morpholine rings is 1. The van der Waals surface area contributed by atoms with Gasteiger partial charge in [-0.1, -0.05) is 12.2 Å². The summed E-state index contributed by atoms with van der Waals surface area (Å²) in [6.45, 7) is 4.65. The largest absolute Gasteiger partial charge is 0.476 e. The number of aromatic nitrogens is 1. The van der Waals surface area contributed by atoms with E-state index >= 15 is 0 Å². The molecule has 0 unspecified atom stereocenters. The highest BCUT2D eigenvalue weighted by atomic mass is 16.5. The van der Waals surface area contributed by atoms with Crippen LogP contribution in [0.15, 0.2) is 24.3 Å². The van der Waals surface area contributed by atoms with Crippen molar-refractivity contribution in [3.63, 3.8) is 0 Å². The first-order valence-corrected chi connectivity index (χ1v) is 7.93. The lowest BCUT2D eigenvalue weighted by Gasteiger charge is -2.29. The fourth-order valence-corrected chi connectivity index (χ4v) is 2.79. The number of rotatable bonds is 6. The molecule has 0 bridgehead atoms. The molecule has 1 saturated heterocycles. The lowest BCUT2D eigenvalue weighted by molar-refractivity contribution is 0.122. The van der Waals surface area contributed by atoms with Crippen LogP contribution in [0.25, 0.3) is 0 Å². The molecular formula is C16H24N4O2. The molecule has 2 heterocycles. The minimum Gasteiger partial charge on any atom is -0.476 e. The van der Waals surface area contributed by atoms with E-state index in [9.17, 15) is 0 Å². The normalized spacial score (nSPS) is 18.8. The molecule has 120 valence electrons. The highest BCUT2D eigenvalue weighted by molar-refractivity contribution is 5.55. The average molecular weight is 304 g/mol. The minimum atomic E-state index is 0.493. The first-order chi connectivity index (χ1) is 10.8. The Morgan fingerprint density at radius 3 is 2.82 bits per heavy atom. The Labute approximate surface area is 131 Å². The van der Waals surface area contributed by atoms with Gasteiger partial charge in [-0.3, -0.25) is 0 Å². The van der Waals surface area contributed by atoms with Gasteiger partial charge < -0.3 is 25.4 Å². The van der Waals surface area contributed by atoms with Crippen molar-refractivity contribution in [1.29, 1.82) is 0 Å². The summed E-state index contributed by atoms with van der Waals surface area (Å²) in [6, 6.07) is 4.40. The molecule has 6 nitrogen and oxygen atoms in total. The van der Waals surface area contributed by atoms with E-state index in [-0.39, 0.29) is 0 Å². The number of ether oxygens (including phenoxy) is 2. The number of nitrogens with zero attached hydrogens (tertiary/aromatic N) is 2. The van der Waals surface area contributed by atoms with Crippen molar-refractivity contribution in [2.24, 2.45) is 0 Å². The Balaban J connectivity index is 1.50. The van der Waals surface area contributed by atoms with Crippen LogP contribution >= 0.6 is 0 Å². The third-order valence-electron chi connectivity index (χ3n) is 3.98. The lowest BCUT2D eigenvalue weighted by Crippen LogP contribution is -2.36. The summed E-state index contributed by atoms with van der Waals surface area (Å²) in [4.78, 5) is 6.50. The van der Waals surface area contributed by atoms with Gasteiger partial charge in [0.05, 0.1) is 13.2 Å². The lowest BCUT2D eigenvalue weighted by atomic mass is 10.2. The van der Waals surface area contributed by atoms with Crippen molar-refractivity contribution in [2.75, 3.05) is 50.1 Å². The van der Waals surface area contributed by atoms with E-state index in [0.29, 0.717) is 24.3 Å². The number of nitrogens with two attached hydrogens (primary N) is 1. The molecule has 0 saturated carbocycles. The van der Waals surface area contributed by atoms with Gasteiger partial charge in [-0.2, -0.15) is 4.98 Å². The predicted octanol–water partition coefficient (Wildman–Crippen LogP) is 1.19. The predicted molar refractivity (Wildman–Crippen MR) is 87.3 cm³/mol. The van der Waals surface area contributed by atoms with Crippen molar-refractivity contribution >= 4 is 11.5 Å². The molecule has 0 atom stereocenters. The molecule has 22 heavy (non-hydrogen) atoms. The monoisotopic (exact) mass is 304 g/mol. The van der Waals surface area contributed by atoms with Gasteiger partial charge in [-0.05, 0) is 12.8 Å². The van der Waals surface area contributed by atoms with E-state index in [0.717, 1.165) is 51.4 Å². The van der Waals surface area contributed by atoms with Crippen LogP contribution in [0.1, 0.15) is 12.8 Å². The second-order valence-electron chi connectivity index (χ2n) is 5.63. The first kappa shape index (κ1) is 15.1. The van der Waals surface area contributed by atoms with Crippen molar-refractivity contribution < 1.29 is 9.47 Å². The number of hydrogen-bond acceptors (Lipinski definition) is 6. The summed E-state index contributed by atoms with van der Waals surface area (Å²) in [5.74, 6) is 1.08. The maximum Gasteiger partial charge on any atom is 0.217 e. The molecule has 3 N–H and O–H groups in total. The van der Waals surface area contributed by atoms with Gasteiger partial charge in [0.2, 0.25) is 5.88 Å². The van der Waals surface area contributed by atoms with Crippen LogP contribution in [0.5, 0.6) is 5.88 Å². The smallest absolute Gasteiger partial charge is 0.217 e. The number of anilines is 2. The zero-order chi connectivity index (χ0) is 15.2. The van der Waals surface area contributed by atoms with E-state index in [4.69, 9.17) is 15.2 Å². The standard InChI is InChI=1S/C16H24N4O2/c17-15-11-14(20-6-9-21-10-7-20)12-16(19-15)22-8-5-18-13-3-1-2-4-13/h1-2,11-13,18H,3-10H2,(H2,17,19). The molecule has 1 aromatic rings. The molecule has 2 aliphatic rings. The summed E-state index contributed by atoms with van der Waals surface area (Å²) in [5.41, 5.74) is 6.95. The number of nitrogens with one attached hydrogen (secondary N) is 1. The molecule has 0 radical (unpaired) electrons. The van der Waals surface area contributed by atoms with Crippen LogP contribution in [0, 0.1) is 0 Å². The average Bonchev–Trinajstić information content (AvgIpc) is 3.05. The molecule has 6 heteroatoms. The van der Waals surface area contributed by atoms with E-state index in [1.54, 1.807) is 0 Å². The third-order valence-corrected chi connectivity index (χ3v) is 3.98. The fourth-order valence-electron chi connectivity index (χ4n) is 2.79. The van der Waals surface area contributed by atoms with Gasteiger partial charge in [-0.25, -0.2) is 0 Å². The summed E-state index contributed by atoms with van der Waals surface area (Å²) < 4.78 is 11.1. The molecule has 1 aromatic heterocycles. The molecule has 0 spiro atoms. The van der Waals surface area contributed by atoms with Crippen LogP contribution in [0.3, 0.4) is 0 Å². The third kappa shape index (κ3) is 4.11. The van der Waals surface area contributed by atoms with Crippen LogP contribution in [0.2, 0.25) is 0 Å². The highest BCUT2D eigenvalue weighted by Crippen LogP contribution is 2.23. The molecule has 0 amide bonds. The molecule has 0 aromatic carbocycles. The molecule has 1 aliphatic heterocycles. The van der Waals surface area contributed by atoms with Crippen LogP contribution in [-0.2, 0) is 4.74 Å². The summed E-state index contributed by atoms with van der Waals surface area (Å²) in [5, 5.41) is 3.47. The maximum absolute atomic E-state index is 5.90. The van der Waals surface area contributed by atoms with Gasteiger partial charge >= 0.3 is 0 Å². The van der Waals surface area contributed by atoms with E-state index in [1.807, 2.05) is 12.1 Å². The number of pyridine rings is 1. The Morgan fingerprint density at radius 2 is 2.05 bits per heavy atom. The van der Waals surface area contributed by atoms with E-state index in [1.165, 1.54) is 0 Å². The zero-order valence-electron chi connectivity index (χ0n) is 12.8. The van der Waals surface area contributed by atoms with Crippen LogP contribution < -0.4 is 20.7 Å². The van der Waals surface area contributed by atoms with Crippen molar-refractivity contribution in [2.45, 2.75) is 18.9 Å². The van der Waals surface area contributed by atoms with E-state index < -0.39 is 0 Å². The molecule has 3 rings (SSSR count). The Hall–Kier alpha value is -1.79. The molecular weight excluding hydrogens is 280 g/mol. The van der Waals surface area contributed by atoms with Crippen molar-refractivity contribution in [1.82, 2.24) is 10.3 Å². The molecule has 1 fully saturated rings. The second kappa shape index (κ2) is 7.47. The Bertz CT molecular complexity index is 507. The number of hydrogen-bond donors (Lipinski definition) is 2. The van der Waals surface area contributed by atoms with Crippen molar-refractivity contribution in [3.05, 3.63) is 24.3 Å². The first-order valence-electron chi connectivity index (χ1n) is 7.93. The summed E-state index contributed by atoms with van der Waals surface area (Å²) in [6.07, 6.45) is 6.65. The minimum absolute atomic E-state index is 0.493. The maximum atomic E-state index is 5.90. The zero-order valence-corrected chi connectivity index (χ0v) is 12.8. The fraction of sp³-hybridized carbons (Fsp3) is 0.562.